The van der Waals surface area contributed by atoms with Gasteiger partial charge in [-0.1, -0.05) is 13.8 Å². The Balaban J connectivity index is 1.95. The molecular formula is C13H25N3O. The van der Waals surface area contributed by atoms with E-state index in [4.69, 9.17) is 0 Å². The number of amides is 1. The van der Waals surface area contributed by atoms with Crippen LogP contribution in [0.25, 0.3) is 0 Å². The van der Waals surface area contributed by atoms with Crippen molar-refractivity contribution in [1.29, 1.82) is 0 Å². The van der Waals surface area contributed by atoms with Gasteiger partial charge in [0.25, 0.3) is 0 Å². The second-order valence-corrected chi connectivity index (χ2v) is 5.52. The number of carbonyl (C=O) groups is 1. The Hall–Kier alpha value is -0.610. The first kappa shape index (κ1) is 12.8. The molecule has 98 valence electrons. The molecule has 4 heteroatoms. The van der Waals surface area contributed by atoms with Gasteiger partial charge in [0.1, 0.15) is 0 Å². The van der Waals surface area contributed by atoms with E-state index in [2.05, 4.69) is 36.0 Å². The molecule has 2 aliphatic heterocycles. The van der Waals surface area contributed by atoms with Crippen LogP contribution in [0, 0.1) is 5.92 Å². The van der Waals surface area contributed by atoms with Crippen LogP contribution in [0.5, 0.6) is 0 Å². The summed E-state index contributed by atoms with van der Waals surface area (Å²) in [6, 6.07) is 0.598. The molecule has 2 heterocycles. The first-order valence-corrected chi connectivity index (χ1v) is 6.86. The van der Waals surface area contributed by atoms with Gasteiger partial charge in [-0.05, 0) is 32.4 Å². The predicted octanol–water partition coefficient (Wildman–Crippen LogP) is 0.537. The molecule has 2 rings (SSSR count). The molecule has 0 bridgehead atoms. The third kappa shape index (κ3) is 2.63. The van der Waals surface area contributed by atoms with Gasteiger partial charge < -0.3 is 10.2 Å². The van der Waals surface area contributed by atoms with Gasteiger partial charge in [0.05, 0.1) is 6.04 Å². The highest BCUT2D eigenvalue weighted by molar-refractivity contribution is 5.82. The summed E-state index contributed by atoms with van der Waals surface area (Å²) in [7, 11) is 2.16. The van der Waals surface area contributed by atoms with Crippen molar-refractivity contribution in [2.75, 3.05) is 33.2 Å². The molecule has 17 heavy (non-hydrogen) atoms. The van der Waals surface area contributed by atoms with Gasteiger partial charge in [0.2, 0.25) is 5.91 Å². The van der Waals surface area contributed by atoms with E-state index in [1.165, 1.54) is 0 Å². The Morgan fingerprint density at radius 2 is 2.18 bits per heavy atom. The van der Waals surface area contributed by atoms with E-state index in [1.807, 2.05) is 0 Å². The van der Waals surface area contributed by atoms with Crippen molar-refractivity contribution >= 4 is 5.91 Å². The fourth-order valence-electron chi connectivity index (χ4n) is 2.95. The highest BCUT2D eigenvalue weighted by atomic mass is 16.2. The maximum Gasteiger partial charge on any atom is 0.240 e. The van der Waals surface area contributed by atoms with Crippen molar-refractivity contribution in [1.82, 2.24) is 15.1 Å². The van der Waals surface area contributed by atoms with Crippen LogP contribution in [0.15, 0.2) is 0 Å². The molecule has 2 aliphatic rings. The monoisotopic (exact) mass is 239 g/mol. The van der Waals surface area contributed by atoms with Gasteiger partial charge in [-0.2, -0.15) is 0 Å². The molecule has 4 nitrogen and oxygen atoms in total. The quantitative estimate of drug-likeness (QED) is 0.764. The highest BCUT2D eigenvalue weighted by Crippen LogP contribution is 2.19. The molecule has 0 spiro atoms. The van der Waals surface area contributed by atoms with E-state index in [9.17, 15) is 4.79 Å². The Kier molecular flexibility index (Phi) is 4.05. The number of hydrogen-bond donors (Lipinski definition) is 1. The van der Waals surface area contributed by atoms with Crippen molar-refractivity contribution in [2.45, 2.75) is 38.8 Å². The summed E-state index contributed by atoms with van der Waals surface area (Å²) in [4.78, 5) is 16.9. The van der Waals surface area contributed by atoms with Gasteiger partial charge in [-0.25, -0.2) is 0 Å². The molecular weight excluding hydrogens is 214 g/mol. The minimum absolute atomic E-state index is 0.0657. The summed E-state index contributed by atoms with van der Waals surface area (Å²) in [6.07, 6.45) is 2.25. The fraction of sp³-hybridized carbons (Fsp3) is 0.923. The van der Waals surface area contributed by atoms with Crippen molar-refractivity contribution in [3.8, 4) is 0 Å². The molecule has 2 saturated heterocycles. The smallest absolute Gasteiger partial charge is 0.240 e. The number of likely N-dealkylation sites (N-methyl/N-ethyl adjacent to an activating group) is 1. The number of carbonyl (C=O) groups excluding carboxylic acids is 1. The van der Waals surface area contributed by atoms with Gasteiger partial charge in [0, 0.05) is 25.7 Å². The number of piperazine rings is 1. The summed E-state index contributed by atoms with van der Waals surface area (Å²) < 4.78 is 0. The van der Waals surface area contributed by atoms with Crippen LogP contribution in [0.4, 0.5) is 0 Å². The highest BCUT2D eigenvalue weighted by Gasteiger charge is 2.35. The lowest BCUT2D eigenvalue weighted by Gasteiger charge is -2.40. The summed E-state index contributed by atoms with van der Waals surface area (Å²) in [5.74, 6) is 0.809. The van der Waals surface area contributed by atoms with E-state index in [0.717, 1.165) is 39.0 Å². The lowest BCUT2D eigenvalue weighted by atomic mass is 10.0. The Morgan fingerprint density at radius 1 is 1.41 bits per heavy atom. The van der Waals surface area contributed by atoms with Crippen LogP contribution in [-0.2, 0) is 4.79 Å². The van der Waals surface area contributed by atoms with E-state index in [0.29, 0.717) is 17.9 Å². The van der Waals surface area contributed by atoms with Crippen LogP contribution < -0.4 is 5.32 Å². The molecule has 1 amide bonds. The Morgan fingerprint density at radius 3 is 2.76 bits per heavy atom. The van der Waals surface area contributed by atoms with Crippen LogP contribution in [0.2, 0.25) is 0 Å². The number of hydrogen-bond acceptors (Lipinski definition) is 3. The van der Waals surface area contributed by atoms with Crippen molar-refractivity contribution in [3.63, 3.8) is 0 Å². The summed E-state index contributed by atoms with van der Waals surface area (Å²) in [5.41, 5.74) is 0. The van der Waals surface area contributed by atoms with E-state index in [1.54, 1.807) is 0 Å². The molecule has 0 aromatic rings. The molecule has 3 atom stereocenters. The summed E-state index contributed by atoms with van der Waals surface area (Å²) >= 11 is 0. The zero-order chi connectivity index (χ0) is 12.4. The van der Waals surface area contributed by atoms with Crippen LogP contribution in [0.3, 0.4) is 0 Å². The average molecular weight is 239 g/mol. The van der Waals surface area contributed by atoms with Crippen LogP contribution >= 0.6 is 0 Å². The molecule has 3 unspecified atom stereocenters. The van der Waals surface area contributed by atoms with Crippen molar-refractivity contribution in [2.24, 2.45) is 5.92 Å². The Labute approximate surface area is 104 Å². The zero-order valence-electron chi connectivity index (χ0n) is 11.3. The predicted molar refractivity (Wildman–Crippen MR) is 68.9 cm³/mol. The number of nitrogens with one attached hydrogen (secondary N) is 1. The van der Waals surface area contributed by atoms with Crippen LogP contribution in [0.1, 0.15) is 26.7 Å². The van der Waals surface area contributed by atoms with E-state index >= 15 is 0 Å². The van der Waals surface area contributed by atoms with E-state index < -0.39 is 0 Å². The third-order valence-electron chi connectivity index (χ3n) is 4.36. The first-order chi connectivity index (χ1) is 8.13. The lowest BCUT2D eigenvalue weighted by Crippen LogP contribution is -2.56. The first-order valence-electron chi connectivity index (χ1n) is 6.86. The largest absolute Gasteiger partial charge is 0.338 e. The fourth-order valence-corrected chi connectivity index (χ4v) is 2.95. The summed E-state index contributed by atoms with van der Waals surface area (Å²) in [5, 5.41) is 3.34. The second kappa shape index (κ2) is 5.36. The maximum atomic E-state index is 12.4. The van der Waals surface area contributed by atoms with Gasteiger partial charge in [0.15, 0.2) is 0 Å². The van der Waals surface area contributed by atoms with Crippen LogP contribution in [-0.4, -0.2) is 61.0 Å². The molecule has 2 fully saturated rings. The topological polar surface area (TPSA) is 35.6 Å². The van der Waals surface area contributed by atoms with E-state index in [-0.39, 0.29) is 6.04 Å². The molecule has 0 saturated carbocycles. The minimum atomic E-state index is 0.0657. The van der Waals surface area contributed by atoms with Gasteiger partial charge >= 0.3 is 0 Å². The maximum absolute atomic E-state index is 12.4. The van der Waals surface area contributed by atoms with Gasteiger partial charge in [-0.15, -0.1) is 0 Å². The standard InChI is InChI=1S/C13H25N3O/c1-4-11-9-16(8-7-15(11)3)13(17)12-10(2)5-6-14-12/h10-12,14H,4-9H2,1-3H3. The molecule has 0 aliphatic carbocycles. The second-order valence-electron chi connectivity index (χ2n) is 5.52. The zero-order valence-corrected chi connectivity index (χ0v) is 11.3. The number of nitrogens with zero attached hydrogens (tertiary/aromatic N) is 2. The summed E-state index contributed by atoms with van der Waals surface area (Å²) in [6.45, 7) is 8.16. The van der Waals surface area contributed by atoms with Gasteiger partial charge in [-0.3, -0.25) is 9.69 Å². The SMILES string of the molecule is CCC1CN(C(=O)C2NCCC2C)CCN1C. The normalized spacial score (nSPS) is 35.2. The van der Waals surface area contributed by atoms with Crippen molar-refractivity contribution < 1.29 is 4.79 Å². The van der Waals surface area contributed by atoms with Crippen molar-refractivity contribution in [3.05, 3.63) is 0 Å². The molecule has 0 aromatic carbocycles. The Bertz CT molecular complexity index is 282. The molecule has 1 N–H and O–H groups in total. The molecule has 0 aromatic heterocycles. The minimum Gasteiger partial charge on any atom is -0.338 e. The molecule has 0 radical (unpaired) electrons. The third-order valence-corrected chi connectivity index (χ3v) is 4.36. The lowest BCUT2D eigenvalue weighted by molar-refractivity contribution is -0.136. The number of rotatable bonds is 2. The average Bonchev–Trinajstić information content (AvgIpc) is 2.75.